The first-order valence-electron chi connectivity index (χ1n) is 10.3. The Labute approximate surface area is 187 Å². The van der Waals surface area contributed by atoms with Gasteiger partial charge in [0.15, 0.2) is 5.96 Å². The number of anilines is 1. The van der Waals surface area contributed by atoms with Gasteiger partial charge in [0, 0.05) is 44.1 Å². The molecular formula is C24H28FN5O2. The fourth-order valence-corrected chi connectivity index (χ4v) is 3.22. The molecule has 2 aromatic carbocycles. The van der Waals surface area contributed by atoms with Crippen LogP contribution >= 0.6 is 0 Å². The Morgan fingerprint density at radius 3 is 2.53 bits per heavy atom. The number of halogens is 1. The third-order valence-electron chi connectivity index (χ3n) is 5.31. The zero-order valence-electron chi connectivity index (χ0n) is 18.7. The molecule has 0 spiro atoms. The second-order valence-corrected chi connectivity index (χ2v) is 8.23. The average Bonchev–Trinajstić information content (AvgIpc) is 3.23. The molecule has 0 fully saturated rings. The fourth-order valence-electron chi connectivity index (χ4n) is 3.22. The molecule has 0 aliphatic carbocycles. The molecule has 0 aliphatic heterocycles. The normalized spacial score (nSPS) is 11.2. The van der Waals surface area contributed by atoms with Crippen molar-refractivity contribution in [2.45, 2.75) is 25.7 Å². The summed E-state index contributed by atoms with van der Waals surface area (Å²) >= 11 is 0. The molecule has 0 radical (unpaired) electrons. The van der Waals surface area contributed by atoms with Crippen LogP contribution < -0.4 is 10.6 Å². The Morgan fingerprint density at radius 2 is 1.88 bits per heavy atom. The van der Waals surface area contributed by atoms with Crippen LogP contribution in [0.15, 0.2) is 59.1 Å². The molecule has 0 saturated carbocycles. The minimum absolute atomic E-state index is 0.00433. The van der Waals surface area contributed by atoms with E-state index in [4.69, 9.17) is 9.93 Å². The van der Waals surface area contributed by atoms with Gasteiger partial charge in [0.05, 0.1) is 5.69 Å². The minimum atomic E-state index is -0.618. The van der Waals surface area contributed by atoms with Gasteiger partial charge in [0.25, 0.3) is 0 Å². The van der Waals surface area contributed by atoms with Crippen LogP contribution in [0.4, 0.5) is 10.3 Å². The summed E-state index contributed by atoms with van der Waals surface area (Å²) in [6.07, 6.45) is 0.274. The van der Waals surface area contributed by atoms with Crippen molar-refractivity contribution in [3.8, 4) is 11.1 Å². The number of benzene rings is 2. The van der Waals surface area contributed by atoms with E-state index in [-0.39, 0.29) is 30.0 Å². The molecule has 0 bridgehead atoms. The summed E-state index contributed by atoms with van der Waals surface area (Å²) in [6, 6.07) is 16.3. The van der Waals surface area contributed by atoms with Gasteiger partial charge < -0.3 is 14.7 Å². The third-order valence-corrected chi connectivity index (χ3v) is 5.31. The molecule has 168 valence electrons. The Morgan fingerprint density at radius 1 is 1.16 bits per heavy atom. The van der Waals surface area contributed by atoms with E-state index in [1.165, 1.54) is 11.0 Å². The van der Waals surface area contributed by atoms with Crippen LogP contribution in [0.25, 0.3) is 11.1 Å². The number of hydrogen-bond acceptors (Lipinski definition) is 4. The van der Waals surface area contributed by atoms with E-state index >= 15 is 0 Å². The van der Waals surface area contributed by atoms with Crippen molar-refractivity contribution in [3.63, 3.8) is 0 Å². The number of carbonyl (C=O) groups excluding carboxylic acids is 1. The van der Waals surface area contributed by atoms with Crippen LogP contribution in [0.1, 0.15) is 31.5 Å². The smallest absolute Gasteiger partial charge is 0.231 e. The standard InChI is InChI=1S/C24H28FN5O2/c1-24(2,17-10-11-18(19(25)14-17)16-8-6-5-7-9-16)20-15-21(32-29-20)28-23(26)27-13-12-22(31)30(3)4/h5-11,14-15H,12-13H2,1-4H3,(H3,26,27,28). The van der Waals surface area contributed by atoms with E-state index in [1.54, 1.807) is 26.2 Å². The number of amides is 1. The SMILES string of the molecule is CN(C)C(=O)CCNC(=N)Nc1cc(C(C)(C)c2ccc(-c3ccccc3)c(F)c2)no1. The molecule has 7 nitrogen and oxygen atoms in total. The molecule has 0 unspecified atom stereocenters. The highest BCUT2D eigenvalue weighted by atomic mass is 19.1. The largest absolute Gasteiger partial charge is 0.356 e. The molecule has 1 heterocycles. The van der Waals surface area contributed by atoms with Crippen molar-refractivity contribution in [2.24, 2.45) is 0 Å². The number of carbonyl (C=O) groups is 1. The second kappa shape index (κ2) is 9.64. The highest BCUT2D eigenvalue weighted by Crippen LogP contribution is 2.34. The van der Waals surface area contributed by atoms with E-state index in [9.17, 15) is 9.18 Å². The summed E-state index contributed by atoms with van der Waals surface area (Å²) in [6.45, 7) is 4.19. The number of nitrogens with one attached hydrogen (secondary N) is 3. The Bertz CT molecular complexity index is 1090. The van der Waals surface area contributed by atoms with Gasteiger partial charge in [-0.2, -0.15) is 0 Å². The van der Waals surface area contributed by atoms with Gasteiger partial charge in [-0.25, -0.2) is 4.39 Å². The molecule has 32 heavy (non-hydrogen) atoms. The molecule has 1 amide bonds. The summed E-state index contributed by atoms with van der Waals surface area (Å²) < 4.78 is 20.2. The van der Waals surface area contributed by atoms with Gasteiger partial charge in [-0.15, -0.1) is 0 Å². The molecule has 0 aliphatic rings. The maximum atomic E-state index is 14.9. The predicted octanol–water partition coefficient (Wildman–Crippen LogP) is 4.22. The lowest BCUT2D eigenvalue weighted by atomic mass is 9.81. The van der Waals surface area contributed by atoms with Crippen molar-refractivity contribution in [1.82, 2.24) is 15.4 Å². The van der Waals surface area contributed by atoms with E-state index in [0.717, 1.165) is 11.1 Å². The second-order valence-electron chi connectivity index (χ2n) is 8.23. The van der Waals surface area contributed by atoms with E-state index in [2.05, 4.69) is 15.8 Å². The van der Waals surface area contributed by atoms with Crippen LogP contribution in [0.2, 0.25) is 0 Å². The lowest BCUT2D eigenvalue weighted by molar-refractivity contribution is -0.128. The quantitative estimate of drug-likeness (QED) is 0.380. The van der Waals surface area contributed by atoms with Gasteiger partial charge in [-0.3, -0.25) is 15.5 Å². The summed E-state index contributed by atoms with van der Waals surface area (Å²) in [5.41, 5.74) is 2.10. The molecule has 0 saturated heterocycles. The molecule has 3 rings (SSSR count). The first-order chi connectivity index (χ1) is 15.2. The minimum Gasteiger partial charge on any atom is -0.356 e. The zero-order valence-corrected chi connectivity index (χ0v) is 18.7. The van der Waals surface area contributed by atoms with Crippen molar-refractivity contribution in [2.75, 3.05) is 26.0 Å². The maximum Gasteiger partial charge on any atom is 0.231 e. The van der Waals surface area contributed by atoms with Gasteiger partial charge in [0.1, 0.15) is 5.82 Å². The van der Waals surface area contributed by atoms with E-state index in [0.29, 0.717) is 17.8 Å². The van der Waals surface area contributed by atoms with Crippen LogP contribution in [-0.2, 0) is 10.2 Å². The van der Waals surface area contributed by atoms with Gasteiger partial charge in [0.2, 0.25) is 11.8 Å². The molecular weight excluding hydrogens is 409 g/mol. The van der Waals surface area contributed by atoms with Crippen molar-refractivity contribution in [3.05, 3.63) is 71.7 Å². The first kappa shape index (κ1) is 23.0. The molecule has 1 aromatic heterocycles. The van der Waals surface area contributed by atoms with Gasteiger partial charge in [-0.05, 0) is 17.2 Å². The number of rotatable bonds is 7. The molecule has 3 N–H and O–H groups in total. The van der Waals surface area contributed by atoms with E-state index < -0.39 is 5.41 Å². The molecule has 3 aromatic rings. The highest BCUT2D eigenvalue weighted by Gasteiger charge is 2.28. The Kier molecular flexibility index (Phi) is 6.92. The monoisotopic (exact) mass is 437 g/mol. The number of nitrogens with zero attached hydrogens (tertiary/aromatic N) is 2. The number of guanidine groups is 1. The average molecular weight is 438 g/mol. The topological polar surface area (TPSA) is 94.2 Å². The Balaban J connectivity index is 1.67. The van der Waals surface area contributed by atoms with Crippen molar-refractivity contribution < 1.29 is 13.7 Å². The van der Waals surface area contributed by atoms with Crippen molar-refractivity contribution in [1.29, 1.82) is 5.41 Å². The maximum absolute atomic E-state index is 14.9. The summed E-state index contributed by atoms with van der Waals surface area (Å²) in [5, 5.41) is 17.7. The molecule has 0 atom stereocenters. The lowest BCUT2D eigenvalue weighted by Crippen LogP contribution is -2.33. The number of hydrogen-bond donors (Lipinski definition) is 3. The van der Waals surface area contributed by atoms with Crippen LogP contribution in [0.3, 0.4) is 0 Å². The summed E-state index contributed by atoms with van der Waals surface area (Å²) in [4.78, 5) is 13.1. The van der Waals surface area contributed by atoms with Crippen LogP contribution in [0.5, 0.6) is 0 Å². The Hall–Kier alpha value is -3.68. The molecule has 8 heteroatoms. The third kappa shape index (κ3) is 5.32. The van der Waals surface area contributed by atoms with E-state index in [1.807, 2.05) is 50.2 Å². The van der Waals surface area contributed by atoms with Crippen LogP contribution in [-0.4, -0.2) is 42.6 Å². The van der Waals surface area contributed by atoms with Gasteiger partial charge in [-0.1, -0.05) is 61.5 Å². The lowest BCUT2D eigenvalue weighted by Gasteiger charge is -2.23. The van der Waals surface area contributed by atoms with Crippen molar-refractivity contribution >= 4 is 17.8 Å². The van der Waals surface area contributed by atoms with Crippen LogP contribution in [0, 0.1) is 11.2 Å². The fraction of sp³-hybridized carbons (Fsp3) is 0.292. The summed E-state index contributed by atoms with van der Waals surface area (Å²) in [5.74, 6) is -0.0532. The summed E-state index contributed by atoms with van der Waals surface area (Å²) in [7, 11) is 3.37. The highest BCUT2D eigenvalue weighted by molar-refractivity contribution is 5.90. The van der Waals surface area contributed by atoms with Gasteiger partial charge >= 0.3 is 0 Å². The zero-order chi connectivity index (χ0) is 23.3. The number of aromatic nitrogens is 1. The first-order valence-corrected chi connectivity index (χ1v) is 10.3. The predicted molar refractivity (Wildman–Crippen MR) is 123 cm³/mol.